The van der Waals surface area contributed by atoms with Crippen LogP contribution in [0.3, 0.4) is 0 Å². The zero-order valence-corrected chi connectivity index (χ0v) is 17.6. The molecule has 4 heterocycles. The first kappa shape index (κ1) is 20.2. The molecule has 31 heavy (non-hydrogen) atoms. The van der Waals surface area contributed by atoms with Crippen molar-refractivity contribution in [3.63, 3.8) is 0 Å². The molecule has 2 atom stereocenters. The quantitative estimate of drug-likeness (QED) is 0.695. The Kier molecular flexibility index (Phi) is 5.04. The SMILES string of the molecule is O=C1CCC(N2Cc3cc(C(=O)N4CCCC5(CCCCN5)C4)ccc3C2=O)C(=O)N1. The van der Waals surface area contributed by atoms with Crippen molar-refractivity contribution in [2.45, 2.75) is 63.1 Å². The van der Waals surface area contributed by atoms with Crippen LogP contribution in [0.15, 0.2) is 18.2 Å². The second-order valence-corrected chi connectivity index (χ2v) is 9.27. The van der Waals surface area contributed by atoms with Gasteiger partial charge in [0, 0.05) is 42.7 Å². The Hall–Kier alpha value is -2.74. The van der Waals surface area contributed by atoms with Gasteiger partial charge in [-0.3, -0.25) is 24.5 Å². The van der Waals surface area contributed by atoms with Gasteiger partial charge < -0.3 is 15.1 Å². The molecule has 4 amide bonds. The summed E-state index contributed by atoms with van der Waals surface area (Å²) in [5, 5.41) is 5.98. The van der Waals surface area contributed by atoms with Gasteiger partial charge in [0.1, 0.15) is 6.04 Å². The van der Waals surface area contributed by atoms with Gasteiger partial charge >= 0.3 is 0 Å². The summed E-state index contributed by atoms with van der Waals surface area (Å²) in [5.74, 6) is -0.940. The fourth-order valence-corrected chi connectivity index (χ4v) is 5.57. The van der Waals surface area contributed by atoms with Crippen molar-refractivity contribution in [2.75, 3.05) is 19.6 Å². The number of hydrogen-bond donors (Lipinski definition) is 2. The van der Waals surface area contributed by atoms with Crippen LogP contribution in [0.4, 0.5) is 0 Å². The van der Waals surface area contributed by atoms with Crippen LogP contribution in [-0.2, 0) is 16.1 Å². The van der Waals surface area contributed by atoms with Crippen LogP contribution in [0.1, 0.15) is 71.2 Å². The lowest BCUT2D eigenvalue weighted by Crippen LogP contribution is -2.59. The highest BCUT2D eigenvalue weighted by Crippen LogP contribution is 2.32. The minimum Gasteiger partial charge on any atom is -0.337 e. The van der Waals surface area contributed by atoms with E-state index in [4.69, 9.17) is 0 Å². The fourth-order valence-electron chi connectivity index (χ4n) is 5.57. The normalized spacial score (nSPS) is 28.6. The van der Waals surface area contributed by atoms with E-state index in [1.54, 1.807) is 18.2 Å². The number of nitrogens with one attached hydrogen (secondary N) is 2. The lowest BCUT2D eigenvalue weighted by molar-refractivity contribution is -0.136. The van der Waals surface area contributed by atoms with Crippen LogP contribution in [0.5, 0.6) is 0 Å². The second kappa shape index (κ2) is 7.75. The molecule has 5 rings (SSSR count). The first-order valence-electron chi connectivity index (χ1n) is 11.3. The van der Waals surface area contributed by atoms with E-state index >= 15 is 0 Å². The van der Waals surface area contributed by atoms with Crippen molar-refractivity contribution in [1.82, 2.24) is 20.4 Å². The number of carbonyl (C=O) groups is 4. The third-order valence-electron chi connectivity index (χ3n) is 7.22. The van der Waals surface area contributed by atoms with Crippen molar-refractivity contribution in [3.8, 4) is 0 Å². The first-order valence-corrected chi connectivity index (χ1v) is 11.3. The number of likely N-dealkylation sites (tertiary alicyclic amines) is 1. The number of fused-ring (bicyclic) bond motifs is 1. The van der Waals surface area contributed by atoms with Crippen molar-refractivity contribution in [3.05, 3.63) is 34.9 Å². The number of nitrogens with zero attached hydrogens (tertiary/aromatic N) is 2. The monoisotopic (exact) mass is 424 g/mol. The van der Waals surface area contributed by atoms with Gasteiger partial charge in [0.15, 0.2) is 0 Å². The molecule has 3 fully saturated rings. The van der Waals surface area contributed by atoms with E-state index in [9.17, 15) is 19.2 Å². The number of rotatable bonds is 2. The molecule has 8 heteroatoms. The topological polar surface area (TPSA) is 98.8 Å². The summed E-state index contributed by atoms with van der Waals surface area (Å²) in [4.78, 5) is 53.3. The van der Waals surface area contributed by atoms with Crippen LogP contribution in [0.2, 0.25) is 0 Å². The fraction of sp³-hybridized carbons (Fsp3) is 0.565. The molecular formula is C23H28N4O4. The lowest BCUT2D eigenvalue weighted by atomic mass is 9.81. The molecule has 1 aromatic rings. The molecule has 8 nitrogen and oxygen atoms in total. The average Bonchev–Trinajstić information content (AvgIpc) is 3.09. The molecule has 4 aliphatic heterocycles. The lowest BCUT2D eigenvalue weighted by Gasteiger charge is -2.46. The molecule has 3 saturated heterocycles. The maximum atomic E-state index is 13.3. The Morgan fingerprint density at radius 2 is 1.94 bits per heavy atom. The summed E-state index contributed by atoms with van der Waals surface area (Å²) >= 11 is 0. The average molecular weight is 425 g/mol. The van der Waals surface area contributed by atoms with E-state index in [2.05, 4.69) is 10.6 Å². The van der Waals surface area contributed by atoms with Crippen molar-refractivity contribution >= 4 is 23.6 Å². The van der Waals surface area contributed by atoms with Crippen LogP contribution >= 0.6 is 0 Å². The summed E-state index contributed by atoms with van der Waals surface area (Å²) in [6.45, 7) is 2.77. The van der Waals surface area contributed by atoms with Gasteiger partial charge in [0.2, 0.25) is 11.8 Å². The summed E-state index contributed by atoms with van der Waals surface area (Å²) in [5.41, 5.74) is 1.93. The highest BCUT2D eigenvalue weighted by Gasteiger charge is 2.40. The summed E-state index contributed by atoms with van der Waals surface area (Å²) in [6, 6.07) is 4.59. The molecule has 2 unspecified atom stereocenters. The molecule has 1 aromatic carbocycles. The number of carbonyl (C=O) groups excluding carboxylic acids is 4. The zero-order valence-electron chi connectivity index (χ0n) is 17.6. The molecule has 4 aliphatic rings. The Bertz CT molecular complexity index is 947. The van der Waals surface area contributed by atoms with Gasteiger partial charge in [-0.05, 0) is 62.4 Å². The van der Waals surface area contributed by atoms with Crippen LogP contribution in [0, 0.1) is 0 Å². The van der Waals surface area contributed by atoms with Gasteiger partial charge in [-0.25, -0.2) is 0 Å². The Morgan fingerprint density at radius 3 is 2.71 bits per heavy atom. The van der Waals surface area contributed by atoms with Crippen LogP contribution in [-0.4, -0.2) is 64.6 Å². The predicted octanol–water partition coefficient (Wildman–Crippen LogP) is 1.20. The molecule has 0 saturated carbocycles. The molecule has 164 valence electrons. The van der Waals surface area contributed by atoms with Crippen LogP contribution in [0.25, 0.3) is 0 Å². The van der Waals surface area contributed by atoms with Crippen molar-refractivity contribution in [2.24, 2.45) is 0 Å². The molecular weight excluding hydrogens is 396 g/mol. The number of piperidine rings is 3. The number of amides is 4. The maximum Gasteiger partial charge on any atom is 0.255 e. The standard InChI is InChI=1S/C23H28N4O4/c28-19-7-6-18(20(29)25-19)27-13-16-12-15(4-5-17(16)22(27)31)21(30)26-11-3-9-23(14-26)8-1-2-10-24-23/h4-5,12,18,24H,1-3,6-11,13-14H2,(H,25,28,29). The third kappa shape index (κ3) is 3.63. The molecule has 0 aliphatic carbocycles. The molecule has 2 N–H and O–H groups in total. The van der Waals surface area contributed by atoms with E-state index in [1.807, 2.05) is 4.90 Å². The van der Waals surface area contributed by atoms with Gasteiger partial charge in [-0.2, -0.15) is 0 Å². The van der Waals surface area contributed by atoms with E-state index < -0.39 is 11.9 Å². The predicted molar refractivity (Wildman–Crippen MR) is 112 cm³/mol. The zero-order chi connectivity index (χ0) is 21.6. The van der Waals surface area contributed by atoms with E-state index in [0.29, 0.717) is 17.5 Å². The number of imide groups is 1. The summed E-state index contributed by atoms with van der Waals surface area (Å²) in [6.07, 6.45) is 6.16. The largest absolute Gasteiger partial charge is 0.337 e. The van der Waals surface area contributed by atoms with Gasteiger partial charge in [0.05, 0.1) is 0 Å². The van der Waals surface area contributed by atoms with Gasteiger partial charge in [0.25, 0.3) is 11.8 Å². The Labute approximate surface area is 181 Å². The smallest absolute Gasteiger partial charge is 0.255 e. The maximum absolute atomic E-state index is 13.3. The van der Waals surface area contributed by atoms with Crippen molar-refractivity contribution < 1.29 is 19.2 Å². The second-order valence-electron chi connectivity index (χ2n) is 9.27. The van der Waals surface area contributed by atoms with Crippen molar-refractivity contribution in [1.29, 1.82) is 0 Å². The number of hydrogen-bond acceptors (Lipinski definition) is 5. The van der Waals surface area contributed by atoms with Gasteiger partial charge in [-0.1, -0.05) is 6.42 Å². The highest BCUT2D eigenvalue weighted by molar-refractivity contribution is 6.06. The highest BCUT2D eigenvalue weighted by atomic mass is 16.2. The first-order chi connectivity index (χ1) is 15.0. The van der Waals surface area contributed by atoms with E-state index in [0.717, 1.165) is 44.5 Å². The van der Waals surface area contributed by atoms with Crippen LogP contribution < -0.4 is 10.6 Å². The Balaban J connectivity index is 1.32. The molecule has 1 spiro atoms. The summed E-state index contributed by atoms with van der Waals surface area (Å²) in [7, 11) is 0. The van der Waals surface area contributed by atoms with E-state index in [1.165, 1.54) is 17.7 Å². The number of benzene rings is 1. The molecule has 0 bridgehead atoms. The van der Waals surface area contributed by atoms with E-state index in [-0.39, 0.29) is 36.2 Å². The minimum absolute atomic E-state index is 0.00107. The molecule has 0 radical (unpaired) electrons. The summed E-state index contributed by atoms with van der Waals surface area (Å²) < 4.78 is 0. The Morgan fingerprint density at radius 1 is 1.10 bits per heavy atom. The molecule has 0 aromatic heterocycles. The minimum atomic E-state index is -0.643. The third-order valence-corrected chi connectivity index (χ3v) is 7.22. The van der Waals surface area contributed by atoms with Gasteiger partial charge in [-0.15, -0.1) is 0 Å².